The second kappa shape index (κ2) is 14.9. The first kappa shape index (κ1) is 37.5. The SMILES string of the molecule is CC(C)C1(CNC(=O)Nc2cc(F)c(Oc3ccnc4c3c(-c3ccc(OC(F)(F)F)c(C#N)c3)cn4COCC[Si](C)(C)C)c(F)c2)COC1. The highest BCUT2D eigenvalue weighted by atomic mass is 28.3. The van der Waals surface area contributed by atoms with Crippen LogP contribution in [-0.4, -0.2) is 56.4 Å². The first-order valence-corrected chi connectivity index (χ1v) is 19.8. The highest BCUT2D eigenvalue weighted by molar-refractivity contribution is 6.76. The Bertz CT molecular complexity index is 1930. The predicted molar refractivity (Wildman–Crippen MR) is 182 cm³/mol. The molecule has 0 spiro atoms. The predicted octanol–water partition coefficient (Wildman–Crippen LogP) is 8.65. The molecular formula is C35H38F5N5O5Si. The molecule has 1 aliphatic rings. The lowest BCUT2D eigenvalue weighted by Gasteiger charge is -2.44. The average molecular weight is 732 g/mol. The smallest absolute Gasteiger partial charge is 0.450 e. The van der Waals surface area contributed by atoms with Crippen LogP contribution in [0.1, 0.15) is 19.4 Å². The Morgan fingerprint density at radius 1 is 1.12 bits per heavy atom. The van der Waals surface area contributed by atoms with E-state index in [0.717, 1.165) is 24.2 Å². The molecular weight excluding hydrogens is 693 g/mol. The zero-order valence-electron chi connectivity index (χ0n) is 28.7. The van der Waals surface area contributed by atoms with Gasteiger partial charge in [-0.2, -0.15) is 5.26 Å². The number of hydrogen-bond acceptors (Lipinski definition) is 7. The second-order valence-electron chi connectivity index (χ2n) is 13.9. The number of nitrogens with one attached hydrogen (secondary N) is 2. The number of nitrogens with zero attached hydrogens (tertiary/aromatic N) is 3. The van der Waals surface area contributed by atoms with Gasteiger partial charge in [0.1, 0.15) is 29.9 Å². The number of nitriles is 1. The van der Waals surface area contributed by atoms with Gasteiger partial charge >= 0.3 is 12.4 Å². The lowest BCUT2D eigenvalue weighted by Crippen LogP contribution is -2.54. The van der Waals surface area contributed by atoms with Crippen molar-refractivity contribution in [2.75, 3.05) is 31.7 Å². The largest absolute Gasteiger partial charge is 0.573 e. The molecule has 0 aliphatic carbocycles. The number of amides is 2. The molecule has 10 nitrogen and oxygen atoms in total. The van der Waals surface area contributed by atoms with Crippen molar-refractivity contribution in [1.29, 1.82) is 5.26 Å². The third kappa shape index (κ3) is 8.96. The fraction of sp³-hybridized carbons (Fsp3) is 0.400. The summed E-state index contributed by atoms with van der Waals surface area (Å²) in [6.07, 6.45) is -2.04. The van der Waals surface area contributed by atoms with Gasteiger partial charge < -0.3 is 34.1 Å². The van der Waals surface area contributed by atoms with Crippen molar-refractivity contribution < 1.29 is 45.7 Å². The summed E-state index contributed by atoms with van der Waals surface area (Å²) < 4.78 is 92.6. The van der Waals surface area contributed by atoms with Gasteiger partial charge in [-0.25, -0.2) is 18.6 Å². The number of alkyl halides is 3. The van der Waals surface area contributed by atoms with Crippen molar-refractivity contribution in [3.63, 3.8) is 0 Å². The molecule has 0 radical (unpaired) electrons. The van der Waals surface area contributed by atoms with E-state index in [1.807, 2.05) is 13.8 Å². The Morgan fingerprint density at radius 3 is 2.41 bits per heavy atom. The fourth-order valence-corrected chi connectivity index (χ4v) is 6.16. The van der Waals surface area contributed by atoms with Gasteiger partial charge in [-0.1, -0.05) is 39.6 Å². The van der Waals surface area contributed by atoms with Crippen LogP contribution in [0.5, 0.6) is 17.2 Å². The summed E-state index contributed by atoms with van der Waals surface area (Å²) in [6.45, 7) is 12.5. The molecule has 0 bridgehead atoms. The molecule has 2 aromatic carbocycles. The topological polar surface area (TPSA) is 120 Å². The quantitative estimate of drug-likeness (QED) is 0.0803. The molecule has 1 fully saturated rings. The van der Waals surface area contributed by atoms with Crippen LogP contribution in [0.2, 0.25) is 25.7 Å². The number of urea groups is 1. The molecule has 16 heteroatoms. The summed E-state index contributed by atoms with van der Waals surface area (Å²) in [7, 11) is -1.42. The number of anilines is 1. The minimum absolute atomic E-state index is 0.0360. The Balaban J connectivity index is 1.46. The molecule has 2 aromatic heterocycles. The van der Waals surface area contributed by atoms with E-state index in [1.54, 1.807) is 16.8 Å². The number of ether oxygens (including phenoxy) is 4. The van der Waals surface area contributed by atoms with Crippen LogP contribution in [0, 0.1) is 34.3 Å². The molecule has 272 valence electrons. The summed E-state index contributed by atoms with van der Waals surface area (Å²) in [5.74, 6) is -3.48. The van der Waals surface area contributed by atoms with E-state index in [4.69, 9.17) is 14.2 Å². The summed E-state index contributed by atoms with van der Waals surface area (Å²) in [6, 6.07) is 8.69. The number of halogens is 5. The monoisotopic (exact) mass is 731 g/mol. The van der Waals surface area contributed by atoms with Crippen molar-refractivity contribution in [2.24, 2.45) is 11.3 Å². The summed E-state index contributed by atoms with van der Waals surface area (Å²) >= 11 is 0. The third-order valence-corrected chi connectivity index (χ3v) is 10.4. The minimum Gasteiger partial charge on any atom is -0.450 e. The zero-order valence-corrected chi connectivity index (χ0v) is 29.7. The number of benzene rings is 2. The van der Waals surface area contributed by atoms with Gasteiger partial charge in [0.05, 0.1) is 24.2 Å². The number of fused-ring (bicyclic) bond motifs is 1. The normalized spacial score (nSPS) is 14.2. The lowest BCUT2D eigenvalue weighted by molar-refractivity contribution is -0.274. The van der Waals surface area contributed by atoms with Crippen LogP contribution < -0.4 is 20.1 Å². The van der Waals surface area contributed by atoms with Crippen molar-refractivity contribution in [1.82, 2.24) is 14.9 Å². The number of rotatable bonds is 13. The Kier molecular flexibility index (Phi) is 10.9. The maximum atomic E-state index is 15.5. The van der Waals surface area contributed by atoms with E-state index in [0.29, 0.717) is 31.9 Å². The molecule has 0 unspecified atom stereocenters. The van der Waals surface area contributed by atoms with Crippen LogP contribution >= 0.6 is 0 Å². The van der Waals surface area contributed by atoms with Gasteiger partial charge in [0.25, 0.3) is 0 Å². The van der Waals surface area contributed by atoms with Crippen molar-refractivity contribution >= 4 is 30.8 Å². The zero-order chi connectivity index (χ0) is 37.1. The minimum atomic E-state index is -5.02. The summed E-state index contributed by atoms with van der Waals surface area (Å²) in [5.41, 5.74) is 0.150. The van der Waals surface area contributed by atoms with E-state index in [9.17, 15) is 23.2 Å². The molecule has 2 amide bonds. The second-order valence-corrected chi connectivity index (χ2v) is 19.5. The molecule has 0 saturated carbocycles. The lowest BCUT2D eigenvalue weighted by atomic mass is 9.75. The molecule has 3 heterocycles. The Morgan fingerprint density at radius 2 is 1.82 bits per heavy atom. The third-order valence-electron chi connectivity index (χ3n) is 8.66. The van der Waals surface area contributed by atoms with Crippen LogP contribution in [0.25, 0.3) is 22.2 Å². The average Bonchev–Trinajstić information content (AvgIpc) is 3.38. The maximum absolute atomic E-state index is 15.5. The van der Waals surface area contributed by atoms with Gasteiger partial charge in [0, 0.05) is 62.4 Å². The highest BCUT2D eigenvalue weighted by Gasteiger charge is 2.41. The standard InChI is InChI=1S/C35H38F5N5O5Si/c1-21(2)34(18-48-19-34)17-43-33(46)44-24-13-26(36)31(27(37)14-24)49-29-8-9-42-32-30(29)25(16-45(32)20-47-10-11-51(3,4)5)22-6-7-28(23(12-22)15-41)50-35(38,39)40/h6-9,12-14,16,21H,10-11,17-20H2,1-5H3,(H2,43,44,46). The molecule has 0 atom stereocenters. The molecule has 5 rings (SSSR count). The Hall–Kier alpha value is -4.72. The van der Waals surface area contributed by atoms with E-state index in [2.05, 4.69) is 40.0 Å². The first-order valence-electron chi connectivity index (χ1n) is 16.1. The number of aromatic nitrogens is 2. The van der Waals surface area contributed by atoms with E-state index in [-0.39, 0.29) is 46.1 Å². The van der Waals surface area contributed by atoms with Gasteiger partial charge in [0.2, 0.25) is 0 Å². The van der Waals surface area contributed by atoms with Gasteiger partial charge in [-0.3, -0.25) is 0 Å². The molecule has 51 heavy (non-hydrogen) atoms. The van der Waals surface area contributed by atoms with Crippen LogP contribution in [0.4, 0.5) is 32.4 Å². The van der Waals surface area contributed by atoms with Gasteiger partial charge in [-0.05, 0) is 35.7 Å². The molecule has 1 aliphatic heterocycles. The number of carbonyl (C=O) groups is 1. The van der Waals surface area contributed by atoms with Gasteiger partial charge in [0.15, 0.2) is 17.4 Å². The van der Waals surface area contributed by atoms with E-state index in [1.165, 1.54) is 24.4 Å². The van der Waals surface area contributed by atoms with Gasteiger partial charge in [-0.15, -0.1) is 13.2 Å². The highest BCUT2D eigenvalue weighted by Crippen LogP contribution is 2.41. The molecule has 1 saturated heterocycles. The number of pyridine rings is 1. The summed E-state index contributed by atoms with van der Waals surface area (Å²) in [4.78, 5) is 17.0. The summed E-state index contributed by atoms with van der Waals surface area (Å²) in [5, 5.41) is 15.1. The molecule has 4 aromatic rings. The maximum Gasteiger partial charge on any atom is 0.573 e. The van der Waals surface area contributed by atoms with Crippen LogP contribution in [-0.2, 0) is 16.2 Å². The van der Waals surface area contributed by atoms with Crippen LogP contribution in [0.3, 0.4) is 0 Å². The number of hydrogen-bond donors (Lipinski definition) is 2. The van der Waals surface area contributed by atoms with Crippen molar-refractivity contribution in [3.8, 4) is 34.4 Å². The van der Waals surface area contributed by atoms with Crippen molar-refractivity contribution in [2.45, 2.75) is 52.6 Å². The number of carbonyl (C=O) groups excluding carboxylic acids is 1. The first-order chi connectivity index (χ1) is 24.0. The van der Waals surface area contributed by atoms with Crippen LogP contribution in [0.15, 0.2) is 48.8 Å². The van der Waals surface area contributed by atoms with E-state index < -0.39 is 49.2 Å². The van der Waals surface area contributed by atoms with Crippen molar-refractivity contribution in [3.05, 3.63) is 66.0 Å². The van der Waals surface area contributed by atoms with E-state index >= 15 is 8.78 Å². The molecule has 2 N–H and O–H groups in total. The fourth-order valence-electron chi connectivity index (χ4n) is 5.40. The Labute approximate surface area is 292 Å².